The van der Waals surface area contributed by atoms with Gasteiger partial charge in [-0.25, -0.2) is 8.42 Å². The number of pyridine rings is 1. The fourth-order valence-corrected chi connectivity index (χ4v) is 4.15. The fourth-order valence-electron chi connectivity index (χ4n) is 2.47. The predicted octanol–water partition coefficient (Wildman–Crippen LogP) is 1.59. The molecule has 5 nitrogen and oxygen atoms in total. The van der Waals surface area contributed by atoms with Gasteiger partial charge in [0.15, 0.2) is 0 Å². The average molecular weight is 290 g/mol. The van der Waals surface area contributed by atoms with Crippen LogP contribution in [0.4, 0.5) is 0 Å². The molecule has 0 unspecified atom stereocenters. The molecule has 1 saturated heterocycles. The van der Waals surface area contributed by atoms with Crippen molar-refractivity contribution in [2.24, 2.45) is 0 Å². The van der Waals surface area contributed by atoms with Crippen LogP contribution < -0.4 is 0 Å². The van der Waals surface area contributed by atoms with E-state index in [4.69, 9.17) is 0 Å². The molecule has 0 atom stereocenters. The number of hydrogen-bond acceptors (Lipinski definition) is 4. The predicted molar refractivity (Wildman–Crippen MR) is 74.7 cm³/mol. The lowest BCUT2D eigenvalue weighted by atomic mass is 10.1. The summed E-state index contributed by atoms with van der Waals surface area (Å²) in [5.74, 6) is -0.0262. The summed E-state index contributed by atoms with van der Waals surface area (Å²) in [6.45, 7) is 0.374. The van der Waals surface area contributed by atoms with Crippen LogP contribution in [0.2, 0.25) is 0 Å². The molecule has 1 aromatic heterocycles. The zero-order valence-corrected chi connectivity index (χ0v) is 11.6. The van der Waals surface area contributed by atoms with Gasteiger partial charge in [-0.3, -0.25) is 9.78 Å². The van der Waals surface area contributed by atoms with Crippen molar-refractivity contribution in [3.63, 3.8) is 0 Å². The molecular formula is C14H14N2O3S. The maximum Gasteiger partial charge on any atom is 0.244 e. The van der Waals surface area contributed by atoms with Gasteiger partial charge in [0.25, 0.3) is 0 Å². The highest BCUT2D eigenvalue weighted by molar-refractivity contribution is 7.89. The molecule has 2 heterocycles. The van der Waals surface area contributed by atoms with E-state index >= 15 is 0 Å². The van der Waals surface area contributed by atoms with Gasteiger partial charge in [0, 0.05) is 36.1 Å². The van der Waals surface area contributed by atoms with Crippen LogP contribution in [0.5, 0.6) is 0 Å². The van der Waals surface area contributed by atoms with Crippen LogP contribution in [0.1, 0.15) is 12.8 Å². The Bertz CT molecular complexity index is 766. The van der Waals surface area contributed by atoms with Crippen LogP contribution in [0.15, 0.2) is 41.6 Å². The molecule has 0 N–H and O–H groups in total. The number of aromatic nitrogens is 1. The van der Waals surface area contributed by atoms with E-state index in [2.05, 4.69) is 4.98 Å². The lowest BCUT2D eigenvalue weighted by Crippen LogP contribution is -2.40. The number of hydrogen-bond donors (Lipinski definition) is 0. The number of sulfonamides is 1. The number of benzene rings is 1. The van der Waals surface area contributed by atoms with E-state index in [1.165, 1.54) is 4.31 Å². The molecule has 1 aliphatic rings. The number of rotatable bonds is 2. The normalized spacial score (nSPS) is 17.5. The molecule has 6 heteroatoms. The minimum atomic E-state index is -3.64. The summed E-state index contributed by atoms with van der Waals surface area (Å²) < 4.78 is 26.7. The summed E-state index contributed by atoms with van der Waals surface area (Å²) in [6, 6.07) is 6.79. The van der Waals surface area contributed by atoms with Crippen LogP contribution in [-0.2, 0) is 14.8 Å². The Balaban J connectivity index is 2.12. The zero-order chi connectivity index (χ0) is 14.2. The number of piperidine rings is 1. The van der Waals surface area contributed by atoms with Gasteiger partial charge in [0.1, 0.15) is 5.78 Å². The van der Waals surface area contributed by atoms with Gasteiger partial charge in [-0.1, -0.05) is 12.1 Å². The molecule has 0 bridgehead atoms. The van der Waals surface area contributed by atoms with Gasteiger partial charge >= 0.3 is 0 Å². The topological polar surface area (TPSA) is 67.3 Å². The second kappa shape index (κ2) is 4.96. The van der Waals surface area contributed by atoms with Gasteiger partial charge in [0.05, 0.1) is 11.4 Å². The maximum atomic E-state index is 12.7. The van der Waals surface area contributed by atoms with Gasteiger partial charge < -0.3 is 0 Å². The highest BCUT2D eigenvalue weighted by Crippen LogP contribution is 2.26. The number of nitrogens with zero attached hydrogens (tertiary/aromatic N) is 2. The van der Waals surface area contributed by atoms with Crippen molar-refractivity contribution in [3.8, 4) is 0 Å². The number of fused-ring (bicyclic) bond motifs is 1. The summed E-state index contributed by atoms with van der Waals surface area (Å²) >= 11 is 0. The van der Waals surface area contributed by atoms with Crippen molar-refractivity contribution < 1.29 is 13.2 Å². The summed E-state index contributed by atoms with van der Waals surface area (Å²) in [4.78, 5) is 15.7. The minimum absolute atomic E-state index is 0.0240. The molecule has 2 aromatic rings. The number of Topliss-reactive ketones (excluding diaryl/α,β-unsaturated/α-hetero) is 1. The van der Waals surface area contributed by atoms with E-state index < -0.39 is 10.0 Å². The molecule has 0 aliphatic carbocycles. The summed E-state index contributed by atoms with van der Waals surface area (Å²) in [6.07, 6.45) is 4.26. The van der Waals surface area contributed by atoms with Crippen molar-refractivity contribution in [2.45, 2.75) is 17.7 Å². The Morgan fingerprint density at radius 1 is 1.20 bits per heavy atom. The van der Waals surface area contributed by atoms with Crippen molar-refractivity contribution >= 4 is 26.6 Å². The van der Waals surface area contributed by atoms with Crippen molar-refractivity contribution in [1.29, 1.82) is 0 Å². The second-order valence-corrected chi connectivity index (χ2v) is 6.74. The maximum absolute atomic E-state index is 12.7. The van der Waals surface area contributed by atoms with Crippen LogP contribution in [0.25, 0.3) is 10.8 Å². The van der Waals surface area contributed by atoms with Gasteiger partial charge in [-0.15, -0.1) is 0 Å². The van der Waals surface area contributed by atoms with E-state index in [1.54, 1.807) is 30.6 Å². The Kier molecular flexibility index (Phi) is 3.27. The summed E-state index contributed by atoms with van der Waals surface area (Å²) in [7, 11) is -3.64. The van der Waals surface area contributed by atoms with Crippen LogP contribution >= 0.6 is 0 Å². The molecule has 0 spiro atoms. The molecule has 1 aliphatic heterocycles. The Hall–Kier alpha value is -1.79. The van der Waals surface area contributed by atoms with E-state index in [9.17, 15) is 13.2 Å². The van der Waals surface area contributed by atoms with E-state index in [0.29, 0.717) is 24.8 Å². The van der Waals surface area contributed by atoms with Gasteiger partial charge in [-0.2, -0.15) is 4.31 Å². The zero-order valence-electron chi connectivity index (χ0n) is 10.8. The van der Waals surface area contributed by atoms with E-state index in [-0.39, 0.29) is 17.2 Å². The average Bonchev–Trinajstić information content (AvgIpc) is 2.46. The number of ketones is 1. The lowest BCUT2D eigenvalue weighted by molar-refractivity contribution is -0.120. The number of carbonyl (C=O) groups excluding carboxylic acids is 1. The number of carbonyl (C=O) groups is 1. The molecule has 104 valence electrons. The molecule has 0 saturated carbocycles. The van der Waals surface area contributed by atoms with Crippen molar-refractivity contribution in [3.05, 3.63) is 36.7 Å². The molecule has 3 rings (SSSR count). The summed E-state index contributed by atoms with van der Waals surface area (Å²) in [5.41, 5.74) is 0. The molecule has 20 heavy (non-hydrogen) atoms. The first-order chi connectivity index (χ1) is 9.59. The molecule has 1 aromatic carbocycles. The fraction of sp³-hybridized carbons (Fsp3) is 0.286. The first kappa shape index (κ1) is 13.2. The summed E-state index contributed by atoms with van der Waals surface area (Å²) in [5, 5.41) is 1.41. The Labute approximate surface area is 117 Å². The first-order valence-corrected chi connectivity index (χ1v) is 7.87. The minimum Gasteiger partial charge on any atom is -0.298 e. The third kappa shape index (κ3) is 2.21. The van der Waals surface area contributed by atoms with E-state index in [1.807, 2.05) is 6.07 Å². The monoisotopic (exact) mass is 290 g/mol. The quantitative estimate of drug-likeness (QED) is 0.842. The van der Waals surface area contributed by atoms with Crippen LogP contribution in [0, 0.1) is 0 Å². The standard InChI is InChI=1S/C14H14N2O3S/c17-12-4-2-8-16(10-12)20(18,19)14-5-1-3-11-9-15-7-6-13(11)14/h1,3,5-7,9H,2,4,8,10H2. The Morgan fingerprint density at radius 3 is 2.85 bits per heavy atom. The van der Waals surface area contributed by atoms with Crippen LogP contribution in [-0.4, -0.2) is 36.6 Å². The SMILES string of the molecule is O=C1CCCN(S(=O)(=O)c2cccc3cnccc23)C1. The molecule has 0 amide bonds. The second-order valence-electron chi connectivity index (χ2n) is 4.83. The van der Waals surface area contributed by atoms with Crippen molar-refractivity contribution in [1.82, 2.24) is 9.29 Å². The Morgan fingerprint density at radius 2 is 2.05 bits per heavy atom. The molecular weight excluding hydrogens is 276 g/mol. The third-order valence-corrected chi connectivity index (χ3v) is 5.38. The first-order valence-electron chi connectivity index (χ1n) is 6.43. The lowest BCUT2D eigenvalue weighted by Gasteiger charge is -2.25. The highest BCUT2D eigenvalue weighted by Gasteiger charge is 2.30. The van der Waals surface area contributed by atoms with Crippen molar-refractivity contribution in [2.75, 3.05) is 13.1 Å². The smallest absolute Gasteiger partial charge is 0.244 e. The van der Waals surface area contributed by atoms with Gasteiger partial charge in [0.2, 0.25) is 10.0 Å². The largest absolute Gasteiger partial charge is 0.298 e. The van der Waals surface area contributed by atoms with Gasteiger partial charge in [-0.05, 0) is 18.6 Å². The molecule has 0 radical (unpaired) electrons. The third-order valence-electron chi connectivity index (χ3n) is 3.47. The molecule has 1 fully saturated rings. The van der Waals surface area contributed by atoms with Crippen LogP contribution in [0.3, 0.4) is 0 Å². The van der Waals surface area contributed by atoms with E-state index in [0.717, 1.165) is 5.39 Å². The highest BCUT2D eigenvalue weighted by atomic mass is 32.2.